The number of aliphatic hydroxyl groups excluding tert-OH is 1. The first-order valence-corrected chi connectivity index (χ1v) is 6.80. The van der Waals surface area contributed by atoms with Gasteiger partial charge in [0.05, 0.1) is 11.6 Å². The van der Waals surface area contributed by atoms with Crippen molar-refractivity contribution in [2.75, 3.05) is 0 Å². The van der Waals surface area contributed by atoms with E-state index in [0.717, 1.165) is 4.90 Å². The van der Waals surface area contributed by atoms with Gasteiger partial charge in [0, 0.05) is 15.5 Å². The van der Waals surface area contributed by atoms with E-state index in [-0.39, 0.29) is 11.8 Å². The average molecular weight is 322 g/mol. The molecule has 0 radical (unpaired) electrons. The molecule has 0 bridgehead atoms. The molecule has 0 atom stereocenters. The number of halogens is 3. The Balaban J connectivity index is 2.40. The van der Waals surface area contributed by atoms with Gasteiger partial charge in [-0.3, -0.25) is 0 Å². The summed E-state index contributed by atoms with van der Waals surface area (Å²) in [6.07, 6.45) is 1.34. The molecular weight excluding hydrogens is 315 g/mol. The number of benzene rings is 1. The van der Waals surface area contributed by atoms with Crippen LogP contribution in [0.5, 0.6) is 0 Å². The van der Waals surface area contributed by atoms with Crippen molar-refractivity contribution < 1.29 is 5.11 Å². The maximum absolute atomic E-state index is 9.26. The highest BCUT2D eigenvalue weighted by Crippen LogP contribution is 2.36. The molecule has 0 spiro atoms. The molecule has 0 aliphatic rings. The number of aliphatic hydroxyl groups is 1. The largest absolute Gasteiger partial charge is 0.391 e. The van der Waals surface area contributed by atoms with Crippen LogP contribution < -0.4 is 0 Å². The lowest BCUT2D eigenvalue weighted by Gasteiger charge is -2.08. The Kier molecular flexibility index (Phi) is 4.70. The molecule has 0 aliphatic heterocycles. The first-order chi connectivity index (χ1) is 8.61. The third-order valence-electron chi connectivity index (χ3n) is 2.11. The Morgan fingerprint density at radius 2 is 1.94 bits per heavy atom. The van der Waals surface area contributed by atoms with Crippen LogP contribution >= 0.6 is 46.6 Å². The van der Waals surface area contributed by atoms with Crippen LogP contribution in [0.2, 0.25) is 15.2 Å². The number of aromatic nitrogens is 2. The predicted octanol–water partition coefficient (Wildman–Crippen LogP) is 4.08. The molecule has 1 aromatic heterocycles. The van der Waals surface area contributed by atoms with Crippen molar-refractivity contribution in [3.05, 3.63) is 45.3 Å². The molecule has 18 heavy (non-hydrogen) atoms. The third-order valence-corrected chi connectivity index (χ3v) is 4.22. The summed E-state index contributed by atoms with van der Waals surface area (Å²) in [5.41, 5.74) is 0.472. The van der Waals surface area contributed by atoms with E-state index < -0.39 is 0 Å². The summed E-state index contributed by atoms with van der Waals surface area (Å²) in [6.45, 7) is -0.236. The fourth-order valence-electron chi connectivity index (χ4n) is 1.26. The van der Waals surface area contributed by atoms with E-state index in [2.05, 4.69) is 9.97 Å². The Bertz CT molecular complexity index is 580. The van der Waals surface area contributed by atoms with Crippen LogP contribution in [0.1, 0.15) is 5.56 Å². The highest BCUT2D eigenvalue weighted by atomic mass is 35.5. The summed E-state index contributed by atoms with van der Waals surface area (Å²) in [6, 6.07) is 5.13. The Hall–Kier alpha value is -0.520. The molecule has 2 aromatic rings. The van der Waals surface area contributed by atoms with Gasteiger partial charge in [-0.2, -0.15) is 0 Å². The van der Waals surface area contributed by atoms with Crippen LogP contribution in [0.15, 0.2) is 34.4 Å². The van der Waals surface area contributed by atoms with Gasteiger partial charge in [0.25, 0.3) is 0 Å². The van der Waals surface area contributed by atoms with Crippen molar-refractivity contribution in [2.24, 2.45) is 0 Å². The molecular formula is C11H7Cl3N2OS. The summed E-state index contributed by atoms with van der Waals surface area (Å²) >= 11 is 19.1. The van der Waals surface area contributed by atoms with Crippen molar-refractivity contribution in [1.29, 1.82) is 0 Å². The van der Waals surface area contributed by atoms with Gasteiger partial charge in [-0.05, 0) is 18.2 Å². The number of nitrogens with zero attached hydrogens (tertiary/aromatic N) is 2. The number of hydrogen-bond donors (Lipinski definition) is 1. The molecule has 0 aliphatic carbocycles. The molecule has 1 aromatic carbocycles. The van der Waals surface area contributed by atoms with Crippen molar-refractivity contribution in [1.82, 2.24) is 9.97 Å². The van der Waals surface area contributed by atoms with Gasteiger partial charge in [0.2, 0.25) is 0 Å². The van der Waals surface area contributed by atoms with Gasteiger partial charge in [0.15, 0.2) is 0 Å². The van der Waals surface area contributed by atoms with Gasteiger partial charge >= 0.3 is 0 Å². The molecule has 1 heterocycles. The summed E-state index contributed by atoms with van der Waals surface area (Å²) in [5, 5.41) is 11.2. The highest BCUT2D eigenvalue weighted by Gasteiger charge is 2.12. The lowest BCUT2D eigenvalue weighted by Crippen LogP contribution is -1.95. The molecule has 1 N–H and O–H groups in total. The minimum Gasteiger partial charge on any atom is -0.391 e. The Morgan fingerprint density at radius 1 is 1.17 bits per heavy atom. The fraction of sp³-hybridized carbons (Fsp3) is 0.0909. The zero-order valence-corrected chi connectivity index (χ0v) is 12.0. The zero-order valence-electron chi connectivity index (χ0n) is 8.90. The first kappa shape index (κ1) is 13.9. The van der Waals surface area contributed by atoms with Crippen molar-refractivity contribution in [3.63, 3.8) is 0 Å². The normalized spacial score (nSPS) is 10.7. The lowest BCUT2D eigenvalue weighted by molar-refractivity contribution is 0.277. The zero-order chi connectivity index (χ0) is 13.1. The SMILES string of the molecule is OCc1c(Cl)ncnc1Sc1cc(Cl)ccc1Cl. The maximum Gasteiger partial charge on any atom is 0.139 e. The standard InChI is InChI=1S/C11H7Cl3N2OS/c12-6-1-2-8(13)9(3-6)18-11-7(4-17)10(14)15-5-16-11/h1-3,5,17H,4H2. The molecule has 0 unspecified atom stereocenters. The van der Waals surface area contributed by atoms with E-state index in [9.17, 15) is 5.11 Å². The van der Waals surface area contributed by atoms with E-state index in [4.69, 9.17) is 34.8 Å². The van der Waals surface area contributed by atoms with Crippen LogP contribution in [0.4, 0.5) is 0 Å². The van der Waals surface area contributed by atoms with E-state index in [1.54, 1.807) is 18.2 Å². The smallest absolute Gasteiger partial charge is 0.139 e. The minimum atomic E-state index is -0.236. The Labute approximate surface area is 123 Å². The van der Waals surface area contributed by atoms with E-state index in [1.165, 1.54) is 18.1 Å². The van der Waals surface area contributed by atoms with Gasteiger partial charge in [-0.1, -0.05) is 46.6 Å². The summed E-state index contributed by atoms with van der Waals surface area (Å²) < 4.78 is 0. The van der Waals surface area contributed by atoms with Crippen molar-refractivity contribution in [2.45, 2.75) is 16.5 Å². The molecule has 94 valence electrons. The monoisotopic (exact) mass is 320 g/mol. The number of rotatable bonds is 3. The topological polar surface area (TPSA) is 46.0 Å². The quantitative estimate of drug-likeness (QED) is 0.865. The van der Waals surface area contributed by atoms with Crippen molar-refractivity contribution >= 4 is 46.6 Å². The highest BCUT2D eigenvalue weighted by molar-refractivity contribution is 7.99. The summed E-state index contributed by atoms with van der Waals surface area (Å²) in [7, 11) is 0. The second-order valence-corrected chi connectivity index (χ2v) is 5.52. The average Bonchev–Trinajstić information content (AvgIpc) is 2.34. The van der Waals surface area contributed by atoms with E-state index >= 15 is 0 Å². The Morgan fingerprint density at radius 3 is 2.67 bits per heavy atom. The second kappa shape index (κ2) is 6.08. The molecule has 2 rings (SSSR count). The fourth-order valence-corrected chi connectivity index (χ4v) is 2.92. The molecule has 0 amide bonds. The van der Waals surface area contributed by atoms with Gasteiger partial charge in [0.1, 0.15) is 16.5 Å². The summed E-state index contributed by atoms with van der Waals surface area (Å²) in [5.74, 6) is 0. The minimum absolute atomic E-state index is 0.230. The van der Waals surface area contributed by atoms with Crippen LogP contribution in [0.25, 0.3) is 0 Å². The molecule has 0 saturated heterocycles. The van der Waals surface area contributed by atoms with Crippen LogP contribution in [0.3, 0.4) is 0 Å². The molecule has 7 heteroatoms. The van der Waals surface area contributed by atoms with Crippen LogP contribution in [-0.2, 0) is 6.61 Å². The van der Waals surface area contributed by atoms with Gasteiger partial charge in [-0.25, -0.2) is 9.97 Å². The van der Waals surface area contributed by atoms with Crippen molar-refractivity contribution in [3.8, 4) is 0 Å². The lowest BCUT2D eigenvalue weighted by atomic mass is 10.4. The number of hydrogen-bond acceptors (Lipinski definition) is 4. The van der Waals surface area contributed by atoms with Crippen LogP contribution in [0, 0.1) is 0 Å². The first-order valence-electron chi connectivity index (χ1n) is 4.85. The second-order valence-electron chi connectivity index (χ2n) is 3.28. The molecule has 3 nitrogen and oxygen atoms in total. The van der Waals surface area contributed by atoms with Gasteiger partial charge < -0.3 is 5.11 Å². The van der Waals surface area contributed by atoms with Crippen LogP contribution in [-0.4, -0.2) is 15.1 Å². The van der Waals surface area contributed by atoms with Gasteiger partial charge in [-0.15, -0.1) is 0 Å². The summed E-state index contributed by atoms with van der Waals surface area (Å²) in [4.78, 5) is 8.64. The predicted molar refractivity (Wildman–Crippen MR) is 73.5 cm³/mol. The molecule has 0 saturated carbocycles. The van der Waals surface area contributed by atoms with E-state index in [0.29, 0.717) is 20.6 Å². The van der Waals surface area contributed by atoms with E-state index in [1.807, 2.05) is 0 Å². The molecule has 0 fully saturated rings. The third kappa shape index (κ3) is 3.08. The maximum atomic E-state index is 9.26.